The number of para-hydroxylation sites is 1. The zero-order valence-electron chi connectivity index (χ0n) is 10.8. The molecular weight excluding hydrogens is 246 g/mol. The Kier molecular flexibility index (Phi) is 5.42. The Labute approximate surface area is 111 Å². The van der Waals surface area contributed by atoms with E-state index >= 15 is 0 Å². The van der Waals surface area contributed by atoms with Crippen LogP contribution in [0, 0.1) is 11.3 Å². The van der Waals surface area contributed by atoms with Crippen molar-refractivity contribution in [2.45, 2.75) is 13.3 Å². The molecule has 5 nitrogen and oxygen atoms in total. The normalized spacial score (nSPS) is 10.7. The fourth-order valence-corrected chi connectivity index (χ4v) is 1.46. The number of carboxylic acids is 1. The van der Waals surface area contributed by atoms with Crippen molar-refractivity contribution in [1.82, 2.24) is 0 Å². The summed E-state index contributed by atoms with van der Waals surface area (Å²) in [5, 5.41) is 17.6. The van der Waals surface area contributed by atoms with Gasteiger partial charge in [0, 0.05) is 5.56 Å². The summed E-state index contributed by atoms with van der Waals surface area (Å²) >= 11 is 0. The van der Waals surface area contributed by atoms with Gasteiger partial charge in [-0.1, -0.05) is 19.1 Å². The molecule has 0 atom stereocenters. The van der Waals surface area contributed by atoms with Gasteiger partial charge in [0.1, 0.15) is 11.6 Å². The minimum atomic E-state index is -1.27. The van der Waals surface area contributed by atoms with Gasteiger partial charge in [-0.2, -0.15) is 5.26 Å². The zero-order valence-corrected chi connectivity index (χ0v) is 10.8. The zero-order chi connectivity index (χ0) is 14.3. The lowest BCUT2D eigenvalue weighted by molar-refractivity contribution is -0.132. The Morgan fingerprint density at radius 2 is 2.26 bits per heavy atom. The average Bonchev–Trinajstić information content (AvgIpc) is 2.42. The molecule has 0 unspecified atom stereocenters. The molecule has 0 heterocycles. The van der Waals surface area contributed by atoms with Gasteiger partial charge >= 0.3 is 5.97 Å². The number of hydrogen-bond acceptors (Lipinski definition) is 4. The summed E-state index contributed by atoms with van der Waals surface area (Å²) in [4.78, 5) is 10.9. The van der Waals surface area contributed by atoms with E-state index in [4.69, 9.17) is 19.8 Å². The molecule has 0 fully saturated rings. The molecule has 1 aromatic carbocycles. The molecule has 0 aliphatic rings. The Morgan fingerprint density at radius 3 is 2.79 bits per heavy atom. The number of methoxy groups -OCH3 is 1. The standard InChI is InChI=1S/C14H15NO4/c1-3-7-19-13-10(5-4-6-12(13)18-2)8-11(9-15)14(16)17/h4-6,8H,3,7H2,1-2H3,(H,16,17). The molecular formula is C14H15NO4. The van der Waals surface area contributed by atoms with E-state index in [0.29, 0.717) is 23.7 Å². The van der Waals surface area contributed by atoms with Crippen LogP contribution in [0.5, 0.6) is 11.5 Å². The molecule has 5 heteroatoms. The number of ether oxygens (including phenoxy) is 2. The maximum Gasteiger partial charge on any atom is 0.346 e. The van der Waals surface area contributed by atoms with Gasteiger partial charge in [0.05, 0.1) is 13.7 Å². The Bertz CT molecular complexity index is 529. The summed E-state index contributed by atoms with van der Waals surface area (Å²) in [6.45, 7) is 2.44. The molecule has 19 heavy (non-hydrogen) atoms. The topological polar surface area (TPSA) is 79.5 Å². The molecule has 0 saturated carbocycles. The third-order valence-corrected chi connectivity index (χ3v) is 2.33. The lowest BCUT2D eigenvalue weighted by Gasteiger charge is -2.12. The number of benzene rings is 1. The molecule has 100 valence electrons. The highest BCUT2D eigenvalue weighted by atomic mass is 16.5. The van der Waals surface area contributed by atoms with Gasteiger partial charge in [-0.25, -0.2) is 4.79 Å². The van der Waals surface area contributed by atoms with Crippen molar-refractivity contribution in [2.24, 2.45) is 0 Å². The maximum atomic E-state index is 10.9. The molecule has 0 aliphatic carbocycles. The molecule has 0 spiro atoms. The van der Waals surface area contributed by atoms with Gasteiger partial charge in [-0.15, -0.1) is 0 Å². The second-order valence-electron chi connectivity index (χ2n) is 3.70. The fraction of sp³-hybridized carbons (Fsp3) is 0.286. The first-order valence-electron chi connectivity index (χ1n) is 5.78. The van der Waals surface area contributed by atoms with E-state index in [1.807, 2.05) is 6.92 Å². The lowest BCUT2D eigenvalue weighted by Crippen LogP contribution is -2.01. The van der Waals surface area contributed by atoms with Crippen LogP contribution >= 0.6 is 0 Å². The molecule has 1 N–H and O–H groups in total. The van der Waals surface area contributed by atoms with Crippen LogP contribution in [-0.4, -0.2) is 24.8 Å². The number of rotatable bonds is 6. The quantitative estimate of drug-likeness (QED) is 0.628. The third kappa shape index (κ3) is 3.75. The fourth-order valence-electron chi connectivity index (χ4n) is 1.46. The molecule has 0 amide bonds. The van der Waals surface area contributed by atoms with Crippen molar-refractivity contribution in [3.63, 3.8) is 0 Å². The summed E-state index contributed by atoms with van der Waals surface area (Å²) in [7, 11) is 1.50. The minimum absolute atomic E-state index is 0.352. The van der Waals surface area contributed by atoms with Gasteiger partial charge in [-0.3, -0.25) is 0 Å². The van der Waals surface area contributed by atoms with Gasteiger partial charge in [-0.05, 0) is 18.6 Å². The van der Waals surface area contributed by atoms with Crippen LogP contribution in [0.25, 0.3) is 6.08 Å². The maximum absolute atomic E-state index is 10.9. The molecule has 0 radical (unpaired) electrons. The molecule has 0 bridgehead atoms. The predicted octanol–water partition coefficient (Wildman–Crippen LogP) is 2.48. The second-order valence-corrected chi connectivity index (χ2v) is 3.70. The van der Waals surface area contributed by atoms with E-state index in [2.05, 4.69) is 0 Å². The van der Waals surface area contributed by atoms with Crippen molar-refractivity contribution in [1.29, 1.82) is 5.26 Å². The first kappa shape index (κ1) is 14.6. The first-order valence-corrected chi connectivity index (χ1v) is 5.78. The molecule has 0 aliphatic heterocycles. The van der Waals surface area contributed by atoms with E-state index < -0.39 is 5.97 Å². The SMILES string of the molecule is CCCOc1c(C=C(C#N)C(=O)O)cccc1OC. The highest BCUT2D eigenvalue weighted by Gasteiger charge is 2.12. The largest absolute Gasteiger partial charge is 0.493 e. The van der Waals surface area contributed by atoms with E-state index in [1.54, 1.807) is 24.3 Å². The number of carbonyl (C=O) groups is 1. The van der Waals surface area contributed by atoms with Gasteiger partial charge in [0.2, 0.25) is 0 Å². The highest BCUT2D eigenvalue weighted by Crippen LogP contribution is 2.32. The third-order valence-electron chi connectivity index (χ3n) is 2.33. The summed E-state index contributed by atoms with van der Waals surface area (Å²) in [5.41, 5.74) is 0.154. The summed E-state index contributed by atoms with van der Waals surface area (Å²) in [5.74, 6) is -0.322. The van der Waals surface area contributed by atoms with Gasteiger partial charge in [0.25, 0.3) is 0 Å². The van der Waals surface area contributed by atoms with Crippen LogP contribution in [0.4, 0.5) is 0 Å². The van der Waals surface area contributed by atoms with Crippen LogP contribution in [0.15, 0.2) is 23.8 Å². The van der Waals surface area contributed by atoms with Crippen LogP contribution in [0.2, 0.25) is 0 Å². The van der Waals surface area contributed by atoms with Crippen LogP contribution in [-0.2, 0) is 4.79 Å². The molecule has 1 rings (SSSR count). The molecule has 0 aromatic heterocycles. The smallest absolute Gasteiger partial charge is 0.346 e. The minimum Gasteiger partial charge on any atom is -0.493 e. The Hall–Kier alpha value is -2.48. The predicted molar refractivity (Wildman–Crippen MR) is 70.0 cm³/mol. The monoisotopic (exact) mass is 261 g/mol. The number of aliphatic carboxylic acids is 1. The van der Waals surface area contributed by atoms with Crippen LogP contribution in [0.1, 0.15) is 18.9 Å². The molecule has 0 saturated heterocycles. The van der Waals surface area contributed by atoms with E-state index in [0.717, 1.165) is 6.42 Å². The number of carboxylic acid groups (broad SMARTS) is 1. The van der Waals surface area contributed by atoms with Crippen molar-refractivity contribution in [3.05, 3.63) is 29.3 Å². The van der Waals surface area contributed by atoms with Crippen molar-refractivity contribution in [3.8, 4) is 17.6 Å². The number of hydrogen-bond donors (Lipinski definition) is 1. The van der Waals surface area contributed by atoms with E-state index in [-0.39, 0.29) is 5.57 Å². The van der Waals surface area contributed by atoms with E-state index in [1.165, 1.54) is 13.2 Å². The lowest BCUT2D eigenvalue weighted by atomic mass is 10.1. The summed E-state index contributed by atoms with van der Waals surface area (Å²) < 4.78 is 10.7. The van der Waals surface area contributed by atoms with Crippen molar-refractivity contribution in [2.75, 3.05) is 13.7 Å². The number of nitriles is 1. The second kappa shape index (κ2) is 7.07. The van der Waals surface area contributed by atoms with Crippen LogP contribution < -0.4 is 9.47 Å². The van der Waals surface area contributed by atoms with E-state index in [9.17, 15) is 4.79 Å². The van der Waals surface area contributed by atoms with Crippen molar-refractivity contribution < 1.29 is 19.4 Å². The summed E-state index contributed by atoms with van der Waals surface area (Å²) in [6, 6.07) is 6.74. The van der Waals surface area contributed by atoms with Gasteiger partial charge < -0.3 is 14.6 Å². The number of nitrogens with zero attached hydrogens (tertiary/aromatic N) is 1. The van der Waals surface area contributed by atoms with Gasteiger partial charge in [0.15, 0.2) is 11.5 Å². The van der Waals surface area contributed by atoms with Crippen molar-refractivity contribution >= 4 is 12.0 Å². The molecule has 1 aromatic rings. The average molecular weight is 261 g/mol. The highest BCUT2D eigenvalue weighted by molar-refractivity contribution is 5.97. The van der Waals surface area contributed by atoms with Crippen LogP contribution in [0.3, 0.4) is 0 Å². The Morgan fingerprint density at radius 1 is 1.53 bits per heavy atom. The Balaban J connectivity index is 3.26. The first-order chi connectivity index (χ1) is 9.13. The summed E-state index contributed by atoms with van der Waals surface area (Å²) in [6.07, 6.45) is 2.08.